The normalized spacial score (nSPS) is 20.9. The zero-order valence-electron chi connectivity index (χ0n) is 25.1. The second-order valence-corrected chi connectivity index (χ2v) is 11.2. The van der Waals surface area contributed by atoms with Gasteiger partial charge in [0.05, 0.1) is 26.4 Å². The van der Waals surface area contributed by atoms with Gasteiger partial charge in [0.1, 0.15) is 0 Å². The molecule has 3 aliphatic rings. The van der Waals surface area contributed by atoms with Crippen LogP contribution in [0.1, 0.15) is 55.2 Å². The van der Waals surface area contributed by atoms with Crippen molar-refractivity contribution < 1.29 is 33.6 Å². The Kier molecular flexibility index (Phi) is 11.2. The van der Waals surface area contributed by atoms with Gasteiger partial charge in [-0.3, -0.25) is 9.59 Å². The number of nitrogens with one attached hydrogen (secondary N) is 1. The van der Waals surface area contributed by atoms with Gasteiger partial charge in [-0.2, -0.15) is 0 Å². The van der Waals surface area contributed by atoms with Crippen molar-refractivity contribution in [2.24, 2.45) is 5.92 Å². The highest BCUT2D eigenvalue weighted by molar-refractivity contribution is 5.91. The van der Waals surface area contributed by atoms with E-state index in [2.05, 4.69) is 47.8 Å². The molecule has 2 N–H and O–H groups in total. The van der Waals surface area contributed by atoms with E-state index in [1.807, 2.05) is 17.9 Å². The maximum Gasteiger partial charge on any atom is 0.286 e. The van der Waals surface area contributed by atoms with Gasteiger partial charge in [0, 0.05) is 51.1 Å². The second kappa shape index (κ2) is 15.5. The number of amides is 2. The lowest BCUT2D eigenvalue weighted by Gasteiger charge is -2.37. The van der Waals surface area contributed by atoms with Crippen LogP contribution in [0.15, 0.2) is 54.3 Å². The number of carbonyl (C=O) groups excluding carboxylic acids is 2. The molecule has 1 saturated heterocycles. The average molecular weight is 593 g/mol. The summed E-state index contributed by atoms with van der Waals surface area (Å²) in [5.41, 5.74) is 6.25. The fourth-order valence-corrected chi connectivity index (χ4v) is 6.39. The molecular weight excluding hydrogens is 548 g/mol. The van der Waals surface area contributed by atoms with E-state index in [9.17, 15) is 9.59 Å². The van der Waals surface area contributed by atoms with Crippen molar-refractivity contribution in [3.05, 3.63) is 71.0 Å². The topological polar surface area (TPSA) is 107 Å². The molecule has 3 atom stereocenters. The summed E-state index contributed by atoms with van der Waals surface area (Å²) in [5, 5.41) is 11.9. The number of carbonyl (C=O) groups is 2. The lowest BCUT2D eigenvalue weighted by atomic mass is 9.78. The van der Waals surface area contributed by atoms with E-state index >= 15 is 0 Å². The molecule has 0 unspecified atom stereocenters. The van der Waals surface area contributed by atoms with Crippen molar-refractivity contribution >= 4 is 11.8 Å². The maximum absolute atomic E-state index is 13.4. The van der Waals surface area contributed by atoms with Crippen LogP contribution in [0.5, 0.6) is 0 Å². The number of rotatable bonds is 16. The molecule has 1 aliphatic carbocycles. The van der Waals surface area contributed by atoms with E-state index in [4.69, 9.17) is 24.1 Å². The van der Waals surface area contributed by atoms with Gasteiger partial charge < -0.3 is 34.3 Å². The summed E-state index contributed by atoms with van der Waals surface area (Å²) in [6.45, 7) is 5.89. The van der Waals surface area contributed by atoms with Crippen LogP contribution in [0, 0.1) is 5.92 Å². The highest BCUT2D eigenvalue weighted by Crippen LogP contribution is 2.45. The quantitative estimate of drug-likeness (QED) is 0.244. The fraction of sp³-hybridized carbons (Fsp3) is 0.529. The molecule has 232 valence electrons. The number of hydrogen-bond acceptors (Lipinski definition) is 7. The first-order valence-electron chi connectivity index (χ1n) is 15.6. The molecule has 0 aromatic heterocycles. The van der Waals surface area contributed by atoms with E-state index < -0.39 is 6.29 Å². The van der Waals surface area contributed by atoms with E-state index in [0.717, 1.165) is 19.4 Å². The SMILES string of the molecule is CCO[C@H]1OC(C(=O)NCCCN2CCCC2=O)=C[C@@H](c2cccc3c2Cc2ccccc2-3)[C@H]1CCOCCOCCO. The molecule has 5 rings (SSSR count). The minimum atomic E-state index is -0.614. The summed E-state index contributed by atoms with van der Waals surface area (Å²) < 4.78 is 23.6. The van der Waals surface area contributed by atoms with Gasteiger partial charge in [0.15, 0.2) is 5.76 Å². The van der Waals surface area contributed by atoms with Crippen LogP contribution in [0.3, 0.4) is 0 Å². The predicted octanol–water partition coefficient (Wildman–Crippen LogP) is 3.78. The maximum atomic E-state index is 13.4. The Balaban J connectivity index is 1.35. The van der Waals surface area contributed by atoms with Gasteiger partial charge in [-0.25, -0.2) is 0 Å². The van der Waals surface area contributed by atoms with Crippen molar-refractivity contribution in [2.75, 3.05) is 59.3 Å². The molecule has 2 aromatic carbocycles. The van der Waals surface area contributed by atoms with Gasteiger partial charge in [-0.05, 0) is 66.5 Å². The molecule has 43 heavy (non-hydrogen) atoms. The number of fused-ring (bicyclic) bond motifs is 3. The molecule has 2 amide bonds. The molecule has 2 aliphatic heterocycles. The fourth-order valence-electron chi connectivity index (χ4n) is 6.39. The lowest BCUT2D eigenvalue weighted by Crippen LogP contribution is -2.40. The molecule has 0 saturated carbocycles. The number of aliphatic hydroxyl groups excluding tert-OH is 1. The molecule has 0 radical (unpaired) electrons. The highest BCUT2D eigenvalue weighted by Gasteiger charge is 2.39. The molecule has 1 fully saturated rings. The molecular formula is C34H44N2O7. The standard InChI is InChI=1S/C34H44N2O7/c1-2-42-34-28(13-18-40-20-21-41-19-17-37)30(27-11-5-10-26-25-9-4-3-8-24(25)22-29(26)27)23-31(43-34)33(39)35-14-7-16-36-15-6-12-32(36)38/h3-5,8-11,23,28,30,34,37H,2,6-7,12-22H2,1H3,(H,35,39)/t28-,30+,34+/m1/s1. The summed E-state index contributed by atoms with van der Waals surface area (Å²) in [6.07, 6.45) is 5.07. The van der Waals surface area contributed by atoms with E-state index in [-0.39, 0.29) is 36.0 Å². The number of aliphatic hydroxyl groups is 1. The smallest absolute Gasteiger partial charge is 0.286 e. The van der Waals surface area contributed by atoms with Gasteiger partial charge in [-0.1, -0.05) is 42.5 Å². The van der Waals surface area contributed by atoms with Crippen molar-refractivity contribution in [3.63, 3.8) is 0 Å². The Morgan fingerprint density at radius 1 is 1.07 bits per heavy atom. The summed E-state index contributed by atoms with van der Waals surface area (Å²) in [6, 6.07) is 15.0. The Labute approximate surface area is 254 Å². The van der Waals surface area contributed by atoms with E-state index in [0.29, 0.717) is 65.4 Å². The van der Waals surface area contributed by atoms with Crippen molar-refractivity contribution in [3.8, 4) is 11.1 Å². The van der Waals surface area contributed by atoms with E-state index in [1.54, 1.807) is 0 Å². The van der Waals surface area contributed by atoms with Crippen LogP contribution >= 0.6 is 0 Å². The third kappa shape index (κ3) is 7.65. The Morgan fingerprint density at radius 3 is 2.67 bits per heavy atom. The number of allylic oxidation sites excluding steroid dienone is 1. The highest BCUT2D eigenvalue weighted by atomic mass is 16.7. The second-order valence-electron chi connectivity index (χ2n) is 11.2. The zero-order chi connectivity index (χ0) is 30.0. The summed E-state index contributed by atoms with van der Waals surface area (Å²) in [7, 11) is 0. The number of nitrogens with zero attached hydrogens (tertiary/aromatic N) is 1. The van der Waals surface area contributed by atoms with Crippen LogP contribution in [0.25, 0.3) is 11.1 Å². The largest absolute Gasteiger partial charge is 0.459 e. The minimum Gasteiger partial charge on any atom is -0.459 e. The molecule has 9 nitrogen and oxygen atoms in total. The Bertz CT molecular complexity index is 1280. The lowest BCUT2D eigenvalue weighted by molar-refractivity contribution is -0.168. The third-order valence-electron chi connectivity index (χ3n) is 8.45. The van der Waals surface area contributed by atoms with Crippen LogP contribution in [0.2, 0.25) is 0 Å². The molecule has 2 aromatic rings. The molecule has 0 spiro atoms. The van der Waals surface area contributed by atoms with Crippen molar-refractivity contribution in [1.82, 2.24) is 10.2 Å². The Morgan fingerprint density at radius 2 is 1.88 bits per heavy atom. The molecule has 0 bridgehead atoms. The van der Waals surface area contributed by atoms with Gasteiger partial charge in [0.2, 0.25) is 12.2 Å². The monoisotopic (exact) mass is 592 g/mol. The average Bonchev–Trinajstić information content (AvgIpc) is 3.62. The van der Waals surface area contributed by atoms with Crippen LogP contribution in [0.4, 0.5) is 0 Å². The Hall–Kier alpha value is -3.24. The summed E-state index contributed by atoms with van der Waals surface area (Å²) >= 11 is 0. The number of hydrogen-bond donors (Lipinski definition) is 2. The number of benzene rings is 2. The first-order chi connectivity index (χ1) is 21.1. The van der Waals surface area contributed by atoms with Crippen LogP contribution < -0.4 is 5.32 Å². The summed E-state index contributed by atoms with van der Waals surface area (Å²) in [5.74, 6) is -0.00671. The number of ether oxygens (including phenoxy) is 4. The molecule has 2 heterocycles. The van der Waals surface area contributed by atoms with Crippen molar-refractivity contribution in [2.45, 2.75) is 51.2 Å². The van der Waals surface area contributed by atoms with Crippen LogP contribution in [-0.2, 0) is 35.0 Å². The van der Waals surface area contributed by atoms with Gasteiger partial charge in [0.25, 0.3) is 5.91 Å². The van der Waals surface area contributed by atoms with Crippen LogP contribution in [-0.4, -0.2) is 87.4 Å². The summed E-state index contributed by atoms with van der Waals surface area (Å²) in [4.78, 5) is 27.2. The zero-order valence-corrected chi connectivity index (χ0v) is 25.1. The minimum absolute atomic E-state index is 0.0112. The third-order valence-corrected chi connectivity index (χ3v) is 8.45. The predicted molar refractivity (Wildman–Crippen MR) is 162 cm³/mol. The van der Waals surface area contributed by atoms with Crippen molar-refractivity contribution in [1.29, 1.82) is 0 Å². The van der Waals surface area contributed by atoms with E-state index in [1.165, 1.54) is 27.8 Å². The number of likely N-dealkylation sites (tertiary alicyclic amines) is 1. The van der Waals surface area contributed by atoms with Gasteiger partial charge >= 0.3 is 0 Å². The molecule has 9 heteroatoms. The first-order valence-corrected chi connectivity index (χ1v) is 15.6. The first kappa shape index (κ1) is 31.2. The van der Waals surface area contributed by atoms with Gasteiger partial charge in [-0.15, -0.1) is 0 Å².